The molecule has 0 saturated carbocycles. The molecule has 2 aromatic heterocycles. The number of thiazole rings is 1. The Morgan fingerprint density at radius 2 is 1.92 bits per heavy atom. The first-order chi connectivity index (χ1) is 12.1. The van der Waals surface area contributed by atoms with Gasteiger partial charge in [0.05, 0.1) is 6.42 Å². The number of nitrogens with one attached hydrogen (secondary N) is 2. The van der Waals surface area contributed by atoms with E-state index in [4.69, 9.17) is 11.6 Å². The SMILES string of the molecule is O=C(Cc1ccccc1)Nc1nc(C(=O)Nc2cc(Cl)ccn2)cs1. The van der Waals surface area contributed by atoms with E-state index in [0.717, 1.165) is 5.56 Å². The van der Waals surface area contributed by atoms with Gasteiger partial charge in [-0.25, -0.2) is 9.97 Å². The summed E-state index contributed by atoms with van der Waals surface area (Å²) in [5.74, 6) is -0.279. The van der Waals surface area contributed by atoms with Crippen LogP contribution < -0.4 is 10.6 Å². The highest BCUT2D eigenvalue weighted by molar-refractivity contribution is 7.14. The summed E-state index contributed by atoms with van der Waals surface area (Å²) in [6, 6.07) is 12.5. The highest BCUT2D eigenvalue weighted by Crippen LogP contribution is 2.18. The van der Waals surface area contributed by atoms with Gasteiger partial charge in [-0.05, 0) is 17.7 Å². The zero-order valence-corrected chi connectivity index (χ0v) is 14.5. The smallest absolute Gasteiger partial charge is 0.276 e. The van der Waals surface area contributed by atoms with Gasteiger partial charge in [-0.2, -0.15) is 0 Å². The number of nitrogens with zero attached hydrogens (tertiary/aromatic N) is 2. The van der Waals surface area contributed by atoms with E-state index < -0.39 is 5.91 Å². The first kappa shape index (κ1) is 17.1. The Balaban J connectivity index is 1.60. The predicted molar refractivity (Wildman–Crippen MR) is 98.1 cm³/mol. The van der Waals surface area contributed by atoms with Crippen molar-refractivity contribution in [1.29, 1.82) is 0 Å². The lowest BCUT2D eigenvalue weighted by Crippen LogP contribution is -2.16. The summed E-state index contributed by atoms with van der Waals surface area (Å²) in [7, 11) is 0. The molecule has 0 radical (unpaired) electrons. The molecular weight excluding hydrogens is 360 g/mol. The van der Waals surface area contributed by atoms with Crippen molar-refractivity contribution in [2.75, 3.05) is 10.6 Å². The maximum absolute atomic E-state index is 12.2. The van der Waals surface area contributed by atoms with E-state index in [1.54, 1.807) is 11.4 Å². The van der Waals surface area contributed by atoms with Gasteiger partial charge >= 0.3 is 0 Å². The zero-order valence-electron chi connectivity index (χ0n) is 12.9. The van der Waals surface area contributed by atoms with E-state index in [1.165, 1.54) is 23.6 Å². The van der Waals surface area contributed by atoms with Crippen LogP contribution in [0.15, 0.2) is 54.0 Å². The number of hydrogen-bond acceptors (Lipinski definition) is 5. The molecule has 1 aromatic carbocycles. The van der Waals surface area contributed by atoms with Gasteiger partial charge in [0.2, 0.25) is 5.91 Å². The number of hydrogen-bond donors (Lipinski definition) is 2. The molecule has 0 atom stereocenters. The minimum absolute atomic E-state index is 0.191. The number of pyridine rings is 1. The molecule has 3 rings (SSSR count). The number of benzene rings is 1. The molecule has 0 aliphatic heterocycles. The Morgan fingerprint density at radius 1 is 1.12 bits per heavy atom. The van der Waals surface area contributed by atoms with Crippen molar-refractivity contribution >= 4 is 45.7 Å². The largest absolute Gasteiger partial charge is 0.305 e. The average molecular weight is 373 g/mol. The zero-order chi connectivity index (χ0) is 17.6. The van der Waals surface area contributed by atoms with Gasteiger partial charge in [0.25, 0.3) is 5.91 Å². The number of halogens is 1. The third-order valence-electron chi connectivity index (χ3n) is 3.15. The van der Waals surface area contributed by atoms with E-state index in [-0.39, 0.29) is 18.0 Å². The normalized spacial score (nSPS) is 10.3. The van der Waals surface area contributed by atoms with Crippen molar-refractivity contribution in [3.63, 3.8) is 0 Å². The molecule has 126 valence electrons. The van der Waals surface area contributed by atoms with Crippen LogP contribution in [0.1, 0.15) is 16.1 Å². The lowest BCUT2D eigenvalue weighted by atomic mass is 10.1. The lowest BCUT2D eigenvalue weighted by Gasteiger charge is -2.03. The number of aromatic nitrogens is 2. The molecule has 2 amide bonds. The van der Waals surface area contributed by atoms with E-state index >= 15 is 0 Å². The molecule has 0 fully saturated rings. The van der Waals surface area contributed by atoms with Crippen LogP contribution in [0.5, 0.6) is 0 Å². The molecular formula is C17H13ClN4O2S. The van der Waals surface area contributed by atoms with Gasteiger partial charge < -0.3 is 10.6 Å². The second-order valence-corrected chi connectivity index (χ2v) is 6.36. The van der Waals surface area contributed by atoms with E-state index in [2.05, 4.69) is 20.6 Å². The minimum atomic E-state index is -0.422. The fourth-order valence-corrected chi connectivity index (χ4v) is 2.90. The van der Waals surface area contributed by atoms with Gasteiger partial charge in [0, 0.05) is 16.6 Å². The maximum Gasteiger partial charge on any atom is 0.276 e. The van der Waals surface area contributed by atoms with Crippen LogP contribution in [-0.2, 0) is 11.2 Å². The maximum atomic E-state index is 12.2. The second-order valence-electron chi connectivity index (χ2n) is 5.06. The summed E-state index contributed by atoms with van der Waals surface area (Å²) < 4.78 is 0. The molecule has 0 aliphatic carbocycles. The summed E-state index contributed by atoms with van der Waals surface area (Å²) in [5.41, 5.74) is 1.10. The minimum Gasteiger partial charge on any atom is -0.305 e. The van der Waals surface area contributed by atoms with E-state index in [1.807, 2.05) is 30.3 Å². The van der Waals surface area contributed by atoms with Crippen LogP contribution in [0, 0.1) is 0 Å². The van der Waals surface area contributed by atoms with Gasteiger partial charge in [0.1, 0.15) is 11.5 Å². The van der Waals surface area contributed by atoms with Crippen molar-refractivity contribution in [2.24, 2.45) is 0 Å². The Bertz CT molecular complexity index is 898. The van der Waals surface area contributed by atoms with Crippen LogP contribution in [-0.4, -0.2) is 21.8 Å². The summed E-state index contributed by atoms with van der Waals surface area (Å²) in [6.45, 7) is 0. The van der Waals surface area contributed by atoms with E-state index in [9.17, 15) is 9.59 Å². The second kappa shape index (κ2) is 7.87. The highest BCUT2D eigenvalue weighted by Gasteiger charge is 2.13. The summed E-state index contributed by atoms with van der Waals surface area (Å²) in [6.07, 6.45) is 1.74. The molecule has 2 heterocycles. The summed E-state index contributed by atoms with van der Waals surface area (Å²) in [4.78, 5) is 32.3. The Morgan fingerprint density at radius 3 is 2.68 bits per heavy atom. The standard InChI is InChI=1S/C17H13ClN4O2S/c18-12-6-7-19-14(9-12)21-16(24)13-10-25-17(20-13)22-15(23)8-11-4-2-1-3-5-11/h1-7,9-10H,8H2,(H,19,21,24)(H,20,22,23). The molecule has 0 bridgehead atoms. The Hall–Kier alpha value is -2.77. The molecule has 0 unspecified atom stereocenters. The van der Waals surface area contributed by atoms with Crippen molar-refractivity contribution in [1.82, 2.24) is 9.97 Å². The van der Waals surface area contributed by atoms with Crippen LogP contribution in [0.4, 0.5) is 10.9 Å². The molecule has 3 aromatic rings. The molecule has 0 spiro atoms. The van der Waals surface area contributed by atoms with Crippen LogP contribution >= 0.6 is 22.9 Å². The van der Waals surface area contributed by atoms with E-state index in [0.29, 0.717) is 16.0 Å². The highest BCUT2D eigenvalue weighted by atomic mass is 35.5. The molecule has 2 N–H and O–H groups in total. The number of carbonyl (C=O) groups is 2. The van der Waals surface area contributed by atoms with Gasteiger partial charge in [-0.3, -0.25) is 9.59 Å². The number of rotatable bonds is 5. The third-order valence-corrected chi connectivity index (χ3v) is 4.15. The van der Waals surface area contributed by atoms with Gasteiger partial charge in [-0.15, -0.1) is 11.3 Å². The fourth-order valence-electron chi connectivity index (χ4n) is 2.03. The van der Waals surface area contributed by atoms with Crippen molar-refractivity contribution in [3.05, 3.63) is 70.3 Å². The molecule has 25 heavy (non-hydrogen) atoms. The third kappa shape index (κ3) is 4.85. The van der Waals surface area contributed by atoms with Gasteiger partial charge in [0.15, 0.2) is 5.13 Å². The number of carbonyl (C=O) groups excluding carboxylic acids is 2. The molecule has 0 saturated heterocycles. The van der Waals surface area contributed by atoms with Crippen LogP contribution in [0.3, 0.4) is 0 Å². The van der Waals surface area contributed by atoms with Crippen molar-refractivity contribution < 1.29 is 9.59 Å². The van der Waals surface area contributed by atoms with Gasteiger partial charge in [-0.1, -0.05) is 41.9 Å². The Labute approximate surface area is 152 Å². The van der Waals surface area contributed by atoms with Crippen molar-refractivity contribution in [2.45, 2.75) is 6.42 Å². The van der Waals surface area contributed by atoms with Crippen molar-refractivity contribution in [3.8, 4) is 0 Å². The monoisotopic (exact) mass is 372 g/mol. The predicted octanol–water partition coefficient (Wildman–Crippen LogP) is 3.63. The first-order valence-electron chi connectivity index (χ1n) is 7.32. The summed E-state index contributed by atoms with van der Waals surface area (Å²) >= 11 is 7.03. The molecule has 6 nitrogen and oxygen atoms in total. The Kier molecular flexibility index (Phi) is 5.37. The molecule has 0 aliphatic rings. The quantitative estimate of drug-likeness (QED) is 0.716. The summed E-state index contributed by atoms with van der Waals surface area (Å²) in [5, 5.41) is 7.70. The fraction of sp³-hybridized carbons (Fsp3) is 0.0588. The number of amides is 2. The molecule has 8 heteroatoms. The van der Waals surface area contributed by atoms with Crippen LogP contribution in [0.25, 0.3) is 0 Å². The number of anilines is 2. The van der Waals surface area contributed by atoms with Crippen LogP contribution in [0.2, 0.25) is 5.02 Å². The average Bonchev–Trinajstić information content (AvgIpc) is 3.04. The topological polar surface area (TPSA) is 84.0 Å². The lowest BCUT2D eigenvalue weighted by molar-refractivity contribution is -0.115. The first-order valence-corrected chi connectivity index (χ1v) is 8.58.